The van der Waals surface area contributed by atoms with Gasteiger partial charge in [0.05, 0.1) is 0 Å². The molecule has 4 nitrogen and oxygen atoms in total. The van der Waals surface area contributed by atoms with Crippen LogP contribution in [0.1, 0.15) is 29.6 Å². The van der Waals surface area contributed by atoms with E-state index in [1.54, 1.807) is 0 Å². The molecular weight excluding hydrogens is 256 g/mol. The van der Waals surface area contributed by atoms with Gasteiger partial charge in [0, 0.05) is 30.5 Å². The van der Waals surface area contributed by atoms with E-state index in [-0.39, 0.29) is 0 Å². The summed E-state index contributed by atoms with van der Waals surface area (Å²) >= 11 is 1.85. The van der Waals surface area contributed by atoms with E-state index in [9.17, 15) is 0 Å². The molecule has 19 heavy (non-hydrogen) atoms. The standard InChI is InChI=1S/C14H18N4S/c1-2-3-13-16-12(15)8-14(17-13)18-6-4-11-10(9-18)5-7-19-11/h5,7-8H,2-4,6,9H2,1H3,(H2,15,16,17). The van der Waals surface area contributed by atoms with E-state index in [0.717, 1.165) is 44.0 Å². The summed E-state index contributed by atoms with van der Waals surface area (Å²) in [5.41, 5.74) is 7.32. The van der Waals surface area contributed by atoms with Crippen molar-refractivity contribution in [1.29, 1.82) is 0 Å². The van der Waals surface area contributed by atoms with Crippen LogP contribution in [0.3, 0.4) is 0 Å². The van der Waals surface area contributed by atoms with Crippen LogP contribution in [0.25, 0.3) is 0 Å². The summed E-state index contributed by atoms with van der Waals surface area (Å²) in [6.07, 6.45) is 3.02. The average molecular weight is 274 g/mol. The number of nitrogens with two attached hydrogens (primary N) is 1. The average Bonchev–Trinajstić information content (AvgIpc) is 2.85. The number of aryl methyl sites for hydroxylation is 1. The van der Waals surface area contributed by atoms with E-state index >= 15 is 0 Å². The summed E-state index contributed by atoms with van der Waals surface area (Å²) < 4.78 is 0. The SMILES string of the molecule is CCCc1nc(N)cc(N2CCc3sccc3C2)n1. The molecule has 0 amide bonds. The first-order valence-electron chi connectivity index (χ1n) is 6.70. The lowest BCUT2D eigenvalue weighted by Crippen LogP contribution is -2.30. The van der Waals surface area contributed by atoms with Crippen LogP contribution in [0, 0.1) is 0 Å². The summed E-state index contributed by atoms with van der Waals surface area (Å²) in [6.45, 7) is 4.07. The highest BCUT2D eigenvalue weighted by molar-refractivity contribution is 7.10. The van der Waals surface area contributed by atoms with Gasteiger partial charge >= 0.3 is 0 Å². The predicted molar refractivity (Wildman–Crippen MR) is 79.5 cm³/mol. The summed E-state index contributed by atoms with van der Waals surface area (Å²) in [5.74, 6) is 2.39. The smallest absolute Gasteiger partial charge is 0.134 e. The van der Waals surface area contributed by atoms with Crippen LogP contribution in [0.5, 0.6) is 0 Å². The highest BCUT2D eigenvalue weighted by Gasteiger charge is 2.19. The van der Waals surface area contributed by atoms with Gasteiger partial charge in [-0.1, -0.05) is 6.92 Å². The molecule has 0 fully saturated rings. The molecule has 0 aromatic carbocycles. The van der Waals surface area contributed by atoms with Crippen molar-refractivity contribution in [3.8, 4) is 0 Å². The van der Waals surface area contributed by atoms with Gasteiger partial charge in [0.1, 0.15) is 17.5 Å². The van der Waals surface area contributed by atoms with E-state index in [2.05, 4.69) is 33.2 Å². The molecule has 0 spiro atoms. The number of anilines is 2. The monoisotopic (exact) mass is 274 g/mol. The van der Waals surface area contributed by atoms with Gasteiger partial charge in [0.25, 0.3) is 0 Å². The lowest BCUT2D eigenvalue weighted by molar-refractivity contribution is 0.721. The number of thiophene rings is 1. The molecular formula is C14H18N4S. The van der Waals surface area contributed by atoms with Crippen molar-refractivity contribution in [2.75, 3.05) is 17.2 Å². The molecule has 0 bridgehead atoms. The fraction of sp³-hybridized carbons (Fsp3) is 0.429. The second kappa shape index (κ2) is 5.17. The van der Waals surface area contributed by atoms with Crippen LogP contribution in [-0.4, -0.2) is 16.5 Å². The second-order valence-corrected chi connectivity index (χ2v) is 5.86. The van der Waals surface area contributed by atoms with Crippen molar-refractivity contribution in [2.45, 2.75) is 32.7 Å². The zero-order valence-corrected chi connectivity index (χ0v) is 11.9. The molecule has 0 atom stereocenters. The summed E-state index contributed by atoms with van der Waals surface area (Å²) in [4.78, 5) is 12.7. The van der Waals surface area contributed by atoms with Gasteiger partial charge in [0.2, 0.25) is 0 Å². The maximum Gasteiger partial charge on any atom is 0.134 e. The third-order valence-electron chi connectivity index (χ3n) is 3.38. The Morgan fingerprint density at radius 3 is 3.16 bits per heavy atom. The van der Waals surface area contributed by atoms with Gasteiger partial charge in [-0.2, -0.15) is 0 Å². The number of nitrogen functional groups attached to an aromatic ring is 1. The summed E-state index contributed by atoms with van der Waals surface area (Å²) in [5, 5.41) is 2.17. The number of rotatable bonds is 3. The Morgan fingerprint density at radius 2 is 2.32 bits per heavy atom. The molecule has 0 aliphatic carbocycles. The Hall–Kier alpha value is -1.62. The van der Waals surface area contributed by atoms with Crippen LogP contribution in [0.2, 0.25) is 0 Å². The minimum atomic E-state index is 0.574. The van der Waals surface area contributed by atoms with Crippen molar-refractivity contribution < 1.29 is 0 Å². The van der Waals surface area contributed by atoms with Gasteiger partial charge in [-0.05, 0) is 29.9 Å². The first-order valence-corrected chi connectivity index (χ1v) is 7.58. The normalized spacial score (nSPS) is 14.5. The zero-order chi connectivity index (χ0) is 13.2. The van der Waals surface area contributed by atoms with E-state index in [1.165, 1.54) is 10.4 Å². The molecule has 2 aromatic heterocycles. The Morgan fingerprint density at radius 1 is 1.42 bits per heavy atom. The number of aromatic nitrogens is 2. The minimum Gasteiger partial charge on any atom is -0.384 e. The van der Waals surface area contributed by atoms with Gasteiger partial charge in [0.15, 0.2) is 0 Å². The Kier molecular flexibility index (Phi) is 3.38. The molecule has 1 aliphatic rings. The lowest BCUT2D eigenvalue weighted by atomic mass is 10.1. The quantitative estimate of drug-likeness (QED) is 0.935. The molecule has 100 valence electrons. The molecule has 1 aliphatic heterocycles. The molecule has 2 N–H and O–H groups in total. The maximum atomic E-state index is 5.90. The van der Waals surface area contributed by atoms with Gasteiger partial charge in [-0.25, -0.2) is 9.97 Å². The van der Waals surface area contributed by atoms with Crippen molar-refractivity contribution in [3.63, 3.8) is 0 Å². The largest absolute Gasteiger partial charge is 0.384 e. The lowest BCUT2D eigenvalue weighted by Gasteiger charge is -2.28. The highest BCUT2D eigenvalue weighted by Crippen LogP contribution is 2.27. The first kappa shape index (κ1) is 12.4. The molecule has 5 heteroatoms. The molecule has 0 saturated heterocycles. The Balaban J connectivity index is 1.87. The molecule has 0 radical (unpaired) electrons. The fourth-order valence-electron chi connectivity index (χ4n) is 2.44. The molecule has 0 unspecified atom stereocenters. The Labute approximate surface area is 117 Å². The molecule has 3 heterocycles. The summed E-state index contributed by atoms with van der Waals surface area (Å²) in [7, 11) is 0. The number of hydrogen-bond acceptors (Lipinski definition) is 5. The predicted octanol–water partition coefficient (Wildman–Crippen LogP) is 2.64. The molecule has 3 rings (SSSR count). The van der Waals surface area contributed by atoms with Crippen LogP contribution in [0.15, 0.2) is 17.5 Å². The second-order valence-electron chi connectivity index (χ2n) is 4.86. The number of hydrogen-bond donors (Lipinski definition) is 1. The zero-order valence-electron chi connectivity index (χ0n) is 11.1. The van der Waals surface area contributed by atoms with Gasteiger partial charge in [-0.3, -0.25) is 0 Å². The van der Waals surface area contributed by atoms with Crippen LogP contribution in [-0.2, 0) is 19.4 Å². The van der Waals surface area contributed by atoms with Crippen LogP contribution < -0.4 is 10.6 Å². The Bertz CT molecular complexity index is 579. The van der Waals surface area contributed by atoms with Crippen molar-refractivity contribution in [2.24, 2.45) is 0 Å². The topological polar surface area (TPSA) is 55.0 Å². The highest BCUT2D eigenvalue weighted by atomic mass is 32.1. The van der Waals surface area contributed by atoms with Crippen LogP contribution >= 0.6 is 11.3 Å². The van der Waals surface area contributed by atoms with E-state index in [4.69, 9.17) is 5.73 Å². The van der Waals surface area contributed by atoms with E-state index in [1.807, 2.05) is 17.4 Å². The van der Waals surface area contributed by atoms with Crippen molar-refractivity contribution in [3.05, 3.63) is 33.8 Å². The molecule has 0 saturated carbocycles. The summed E-state index contributed by atoms with van der Waals surface area (Å²) in [6, 6.07) is 4.10. The van der Waals surface area contributed by atoms with Gasteiger partial charge < -0.3 is 10.6 Å². The third kappa shape index (κ3) is 2.56. The van der Waals surface area contributed by atoms with E-state index in [0.29, 0.717) is 5.82 Å². The minimum absolute atomic E-state index is 0.574. The fourth-order valence-corrected chi connectivity index (χ4v) is 3.33. The van der Waals surface area contributed by atoms with Gasteiger partial charge in [-0.15, -0.1) is 11.3 Å². The third-order valence-corrected chi connectivity index (χ3v) is 4.41. The maximum absolute atomic E-state index is 5.90. The van der Waals surface area contributed by atoms with E-state index < -0.39 is 0 Å². The molecule has 2 aromatic rings. The van der Waals surface area contributed by atoms with Crippen LogP contribution in [0.4, 0.5) is 11.6 Å². The number of nitrogens with zero attached hydrogens (tertiary/aromatic N) is 3. The first-order chi connectivity index (χ1) is 9.26. The van der Waals surface area contributed by atoms with Crippen molar-refractivity contribution >= 4 is 23.0 Å². The van der Waals surface area contributed by atoms with Crippen molar-refractivity contribution in [1.82, 2.24) is 9.97 Å². The number of fused-ring (bicyclic) bond motifs is 1.